The smallest absolute Gasteiger partial charge is 0.349 e. The van der Waals surface area contributed by atoms with Gasteiger partial charge < -0.3 is 9.47 Å². The molecule has 0 spiro atoms. The van der Waals surface area contributed by atoms with Crippen molar-refractivity contribution in [3.8, 4) is 11.5 Å². The topological polar surface area (TPSA) is 35.5 Å². The first-order chi connectivity index (χ1) is 8.75. The highest BCUT2D eigenvalue weighted by atomic mass is 16.6. The van der Waals surface area contributed by atoms with Crippen LogP contribution in [-0.2, 0) is 4.79 Å². The van der Waals surface area contributed by atoms with Crippen LogP contribution in [0.25, 0.3) is 0 Å². The van der Waals surface area contributed by atoms with Crippen LogP contribution in [0.3, 0.4) is 0 Å². The minimum absolute atomic E-state index is 0.0975. The van der Waals surface area contributed by atoms with E-state index in [1.54, 1.807) is 12.1 Å². The second-order valence-corrected chi connectivity index (χ2v) is 3.84. The van der Waals surface area contributed by atoms with Gasteiger partial charge in [-0.15, -0.1) is 0 Å². The molecule has 18 heavy (non-hydrogen) atoms. The molecule has 0 aliphatic rings. The van der Waals surface area contributed by atoms with Crippen molar-refractivity contribution in [2.45, 2.75) is 6.92 Å². The van der Waals surface area contributed by atoms with E-state index in [9.17, 15) is 4.79 Å². The predicted molar refractivity (Wildman–Crippen MR) is 68.8 cm³/mol. The number of esters is 1. The number of para-hydroxylation sites is 2. The molecule has 0 saturated heterocycles. The van der Waals surface area contributed by atoms with Crippen molar-refractivity contribution in [1.82, 2.24) is 0 Å². The molecule has 0 heterocycles. The van der Waals surface area contributed by atoms with E-state index in [2.05, 4.69) is 0 Å². The van der Waals surface area contributed by atoms with Crippen molar-refractivity contribution in [2.24, 2.45) is 0 Å². The molecule has 0 unspecified atom stereocenters. The second-order valence-electron chi connectivity index (χ2n) is 3.84. The molecule has 0 aromatic heterocycles. The van der Waals surface area contributed by atoms with Gasteiger partial charge in [0, 0.05) is 0 Å². The maximum absolute atomic E-state index is 11.5. The fourth-order valence-electron chi connectivity index (χ4n) is 1.50. The van der Waals surface area contributed by atoms with Crippen molar-refractivity contribution in [3.05, 3.63) is 60.2 Å². The summed E-state index contributed by atoms with van der Waals surface area (Å²) < 4.78 is 10.5. The fraction of sp³-hybridized carbons (Fsp3) is 0.133. The highest BCUT2D eigenvalue weighted by Crippen LogP contribution is 2.16. The molecule has 0 aliphatic heterocycles. The van der Waals surface area contributed by atoms with E-state index < -0.39 is 5.97 Å². The summed E-state index contributed by atoms with van der Waals surface area (Å²) in [6.07, 6.45) is 0. The van der Waals surface area contributed by atoms with E-state index in [4.69, 9.17) is 9.47 Å². The van der Waals surface area contributed by atoms with Gasteiger partial charge in [0.1, 0.15) is 11.5 Å². The largest absolute Gasteiger partial charge is 0.482 e. The number of carbonyl (C=O) groups excluding carboxylic acids is 1. The quantitative estimate of drug-likeness (QED) is 0.610. The summed E-state index contributed by atoms with van der Waals surface area (Å²) in [5, 5.41) is 0. The Bertz CT molecular complexity index is 520. The third kappa shape index (κ3) is 3.35. The van der Waals surface area contributed by atoms with Crippen LogP contribution in [0, 0.1) is 6.92 Å². The lowest BCUT2D eigenvalue weighted by atomic mass is 10.2. The Morgan fingerprint density at radius 2 is 1.67 bits per heavy atom. The minimum Gasteiger partial charge on any atom is -0.482 e. The SMILES string of the molecule is Cc1ccccc1OCC(=O)Oc1ccccc1. The Morgan fingerprint density at radius 3 is 2.39 bits per heavy atom. The van der Waals surface area contributed by atoms with Crippen molar-refractivity contribution in [3.63, 3.8) is 0 Å². The molecule has 0 bridgehead atoms. The molecule has 0 radical (unpaired) electrons. The summed E-state index contributed by atoms with van der Waals surface area (Å²) >= 11 is 0. The van der Waals surface area contributed by atoms with Gasteiger partial charge in [0.25, 0.3) is 0 Å². The number of hydrogen-bond donors (Lipinski definition) is 0. The maximum atomic E-state index is 11.5. The zero-order valence-corrected chi connectivity index (χ0v) is 10.1. The van der Waals surface area contributed by atoms with Crippen molar-refractivity contribution in [1.29, 1.82) is 0 Å². The lowest BCUT2D eigenvalue weighted by Crippen LogP contribution is -2.17. The summed E-state index contributed by atoms with van der Waals surface area (Å²) in [6, 6.07) is 16.5. The third-order valence-electron chi connectivity index (χ3n) is 2.41. The number of ether oxygens (including phenoxy) is 2. The first-order valence-electron chi connectivity index (χ1n) is 5.70. The van der Waals surface area contributed by atoms with Gasteiger partial charge in [-0.3, -0.25) is 0 Å². The molecule has 0 aliphatic carbocycles. The Labute approximate surface area is 106 Å². The average Bonchev–Trinajstić information content (AvgIpc) is 2.39. The van der Waals surface area contributed by atoms with Gasteiger partial charge in [-0.05, 0) is 30.7 Å². The summed E-state index contributed by atoms with van der Waals surface area (Å²) in [4.78, 5) is 11.5. The third-order valence-corrected chi connectivity index (χ3v) is 2.41. The van der Waals surface area contributed by atoms with Crippen LogP contribution < -0.4 is 9.47 Å². The Hall–Kier alpha value is -2.29. The summed E-state index contributed by atoms with van der Waals surface area (Å²) in [6.45, 7) is 1.83. The second kappa shape index (κ2) is 5.87. The Morgan fingerprint density at radius 1 is 1.00 bits per heavy atom. The lowest BCUT2D eigenvalue weighted by molar-refractivity contribution is -0.136. The first kappa shape index (κ1) is 12.2. The average molecular weight is 242 g/mol. The lowest BCUT2D eigenvalue weighted by Gasteiger charge is -2.08. The van der Waals surface area contributed by atoms with Crippen molar-refractivity contribution < 1.29 is 14.3 Å². The van der Waals surface area contributed by atoms with E-state index in [1.807, 2.05) is 49.4 Å². The van der Waals surface area contributed by atoms with Crippen LogP contribution in [0.1, 0.15) is 5.56 Å². The summed E-state index contributed by atoms with van der Waals surface area (Å²) in [5.41, 5.74) is 0.991. The Kier molecular flexibility index (Phi) is 3.97. The van der Waals surface area contributed by atoms with E-state index >= 15 is 0 Å². The molecule has 92 valence electrons. The van der Waals surface area contributed by atoms with Gasteiger partial charge in [0.15, 0.2) is 6.61 Å². The minimum atomic E-state index is -0.413. The molecular formula is C15H14O3. The highest BCUT2D eigenvalue weighted by molar-refractivity contribution is 5.73. The van der Waals surface area contributed by atoms with Gasteiger partial charge in [-0.1, -0.05) is 36.4 Å². The number of benzene rings is 2. The number of carbonyl (C=O) groups is 1. The molecule has 0 fully saturated rings. The fourth-order valence-corrected chi connectivity index (χ4v) is 1.50. The van der Waals surface area contributed by atoms with Gasteiger partial charge >= 0.3 is 5.97 Å². The van der Waals surface area contributed by atoms with E-state index in [0.29, 0.717) is 11.5 Å². The molecule has 2 aromatic rings. The highest BCUT2D eigenvalue weighted by Gasteiger charge is 2.06. The van der Waals surface area contributed by atoms with Gasteiger partial charge in [-0.25, -0.2) is 4.79 Å². The zero-order chi connectivity index (χ0) is 12.8. The molecule has 0 amide bonds. The van der Waals surface area contributed by atoms with Crippen LogP contribution in [0.2, 0.25) is 0 Å². The van der Waals surface area contributed by atoms with Gasteiger partial charge in [-0.2, -0.15) is 0 Å². The van der Waals surface area contributed by atoms with E-state index in [0.717, 1.165) is 5.56 Å². The number of hydrogen-bond acceptors (Lipinski definition) is 3. The molecule has 3 heteroatoms. The molecule has 0 atom stereocenters. The van der Waals surface area contributed by atoms with Crippen LogP contribution in [0.15, 0.2) is 54.6 Å². The zero-order valence-electron chi connectivity index (χ0n) is 10.1. The van der Waals surface area contributed by atoms with Crippen LogP contribution >= 0.6 is 0 Å². The molecule has 0 N–H and O–H groups in total. The molecule has 3 nitrogen and oxygen atoms in total. The summed E-state index contributed by atoms with van der Waals surface area (Å²) in [5.74, 6) is 0.808. The van der Waals surface area contributed by atoms with Crippen molar-refractivity contribution in [2.75, 3.05) is 6.61 Å². The van der Waals surface area contributed by atoms with Gasteiger partial charge in [0.2, 0.25) is 0 Å². The predicted octanol–water partition coefficient (Wildman–Crippen LogP) is 2.98. The first-order valence-corrected chi connectivity index (χ1v) is 5.70. The van der Waals surface area contributed by atoms with E-state index in [-0.39, 0.29) is 6.61 Å². The monoisotopic (exact) mass is 242 g/mol. The molecule has 0 saturated carbocycles. The van der Waals surface area contributed by atoms with Crippen LogP contribution in [0.4, 0.5) is 0 Å². The molecular weight excluding hydrogens is 228 g/mol. The van der Waals surface area contributed by atoms with E-state index in [1.165, 1.54) is 0 Å². The maximum Gasteiger partial charge on any atom is 0.349 e. The summed E-state index contributed by atoms with van der Waals surface area (Å²) in [7, 11) is 0. The number of aryl methyl sites for hydroxylation is 1. The molecule has 2 aromatic carbocycles. The number of rotatable bonds is 4. The van der Waals surface area contributed by atoms with Crippen LogP contribution in [-0.4, -0.2) is 12.6 Å². The molecule has 2 rings (SSSR count). The van der Waals surface area contributed by atoms with Crippen LogP contribution in [0.5, 0.6) is 11.5 Å². The van der Waals surface area contributed by atoms with Crippen molar-refractivity contribution >= 4 is 5.97 Å². The van der Waals surface area contributed by atoms with Gasteiger partial charge in [0.05, 0.1) is 0 Å². The standard InChI is InChI=1S/C15H14O3/c1-12-7-5-6-10-14(12)17-11-15(16)18-13-8-3-2-4-9-13/h2-10H,11H2,1H3. The Balaban J connectivity index is 1.88. The normalized spacial score (nSPS) is 9.83.